The maximum absolute atomic E-state index is 13.7. The standard InChI is InChI=1S/C12H11ClFNS/c1-15-12(8-4-5-16-7-8)10-6-9(13)2-3-11(10)14/h2-7,12,15H,1H3. The van der Waals surface area contributed by atoms with Crippen LogP contribution in [0.3, 0.4) is 0 Å². The number of benzene rings is 1. The number of nitrogens with one attached hydrogen (secondary N) is 1. The molecule has 1 nitrogen and oxygen atoms in total. The van der Waals surface area contributed by atoms with Gasteiger partial charge in [0.2, 0.25) is 0 Å². The van der Waals surface area contributed by atoms with Gasteiger partial charge in [-0.3, -0.25) is 0 Å². The van der Waals surface area contributed by atoms with Gasteiger partial charge in [0.25, 0.3) is 0 Å². The predicted molar refractivity (Wildman–Crippen MR) is 66.6 cm³/mol. The normalized spacial score (nSPS) is 12.7. The number of halogens is 2. The molecule has 1 atom stereocenters. The highest BCUT2D eigenvalue weighted by molar-refractivity contribution is 7.08. The SMILES string of the molecule is CNC(c1ccsc1)c1cc(Cl)ccc1F. The molecule has 0 saturated heterocycles. The molecule has 1 unspecified atom stereocenters. The first-order valence-electron chi connectivity index (χ1n) is 4.86. The fraction of sp³-hybridized carbons (Fsp3) is 0.167. The molecule has 1 aromatic carbocycles. The average Bonchev–Trinajstić information content (AvgIpc) is 2.78. The fourth-order valence-corrected chi connectivity index (χ4v) is 2.54. The minimum Gasteiger partial charge on any atom is -0.309 e. The lowest BCUT2D eigenvalue weighted by atomic mass is 10.0. The predicted octanol–water partition coefficient (Wildman–Crippen LogP) is 3.85. The zero-order valence-corrected chi connectivity index (χ0v) is 10.3. The topological polar surface area (TPSA) is 12.0 Å². The first kappa shape index (κ1) is 11.6. The summed E-state index contributed by atoms with van der Waals surface area (Å²) in [6, 6.07) is 6.45. The largest absolute Gasteiger partial charge is 0.309 e. The molecule has 0 saturated carbocycles. The Balaban J connectivity index is 2.44. The van der Waals surface area contributed by atoms with Gasteiger partial charge in [-0.1, -0.05) is 11.6 Å². The van der Waals surface area contributed by atoms with E-state index >= 15 is 0 Å². The molecular formula is C12H11ClFNS. The lowest BCUT2D eigenvalue weighted by Gasteiger charge is -2.16. The van der Waals surface area contributed by atoms with Crippen LogP contribution in [0.25, 0.3) is 0 Å². The van der Waals surface area contributed by atoms with Gasteiger partial charge in [0.1, 0.15) is 5.82 Å². The number of hydrogen-bond acceptors (Lipinski definition) is 2. The van der Waals surface area contributed by atoms with Crippen molar-refractivity contribution >= 4 is 22.9 Å². The van der Waals surface area contributed by atoms with E-state index in [1.165, 1.54) is 6.07 Å². The molecule has 4 heteroatoms. The molecule has 0 aliphatic rings. The van der Waals surface area contributed by atoms with Gasteiger partial charge in [0.15, 0.2) is 0 Å². The highest BCUT2D eigenvalue weighted by Crippen LogP contribution is 2.27. The Hall–Kier alpha value is -0.900. The molecule has 0 spiro atoms. The molecule has 16 heavy (non-hydrogen) atoms. The van der Waals surface area contributed by atoms with Gasteiger partial charge in [0.05, 0.1) is 6.04 Å². The van der Waals surface area contributed by atoms with Crippen LogP contribution in [0.4, 0.5) is 4.39 Å². The molecular weight excluding hydrogens is 245 g/mol. The van der Waals surface area contributed by atoms with E-state index in [0.717, 1.165) is 5.56 Å². The van der Waals surface area contributed by atoms with Crippen LogP contribution in [0.1, 0.15) is 17.2 Å². The van der Waals surface area contributed by atoms with E-state index in [1.807, 2.05) is 23.9 Å². The van der Waals surface area contributed by atoms with Crippen LogP contribution in [0.2, 0.25) is 5.02 Å². The first-order valence-corrected chi connectivity index (χ1v) is 6.18. The molecule has 0 radical (unpaired) electrons. The second-order valence-corrected chi connectivity index (χ2v) is 4.66. The Bertz CT molecular complexity index is 470. The van der Waals surface area contributed by atoms with Gasteiger partial charge < -0.3 is 5.32 Å². The lowest BCUT2D eigenvalue weighted by molar-refractivity contribution is 0.577. The van der Waals surface area contributed by atoms with Gasteiger partial charge in [-0.05, 0) is 47.6 Å². The summed E-state index contributed by atoms with van der Waals surface area (Å²) < 4.78 is 13.7. The van der Waals surface area contributed by atoms with Crippen molar-refractivity contribution in [2.75, 3.05) is 7.05 Å². The monoisotopic (exact) mass is 255 g/mol. The summed E-state index contributed by atoms with van der Waals surface area (Å²) in [4.78, 5) is 0. The van der Waals surface area contributed by atoms with E-state index < -0.39 is 0 Å². The van der Waals surface area contributed by atoms with Crippen molar-refractivity contribution in [2.45, 2.75) is 6.04 Å². The fourth-order valence-electron chi connectivity index (χ4n) is 1.68. The third-order valence-corrected chi connectivity index (χ3v) is 3.37. The summed E-state index contributed by atoms with van der Waals surface area (Å²) in [5, 5.41) is 7.62. The Morgan fingerprint density at radius 3 is 2.81 bits per heavy atom. The summed E-state index contributed by atoms with van der Waals surface area (Å²) in [6.07, 6.45) is 0. The number of thiophene rings is 1. The lowest BCUT2D eigenvalue weighted by Crippen LogP contribution is -2.18. The second kappa shape index (κ2) is 4.95. The summed E-state index contributed by atoms with van der Waals surface area (Å²) in [7, 11) is 1.81. The first-order chi connectivity index (χ1) is 7.72. The highest BCUT2D eigenvalue weighted by Gasteiger charge is 2.16. The van der Waals surface area contributed by atoms with Crippen molar-refractivity contribution in [3.63, 3.8) is 0 Å². The van der Waals surface area contributed by atoms with Gasteiger partial charge in [-0.15, -0.1) is 0 Å². The third kappa shape index (κ3) is 2.26. The molecule has 1 N–H and O–H groups in total. The van der Waals surface area contributed by atoms with Crippen LogP contribution in [-0.2, 0) is 0 Å². The zero-order chi connectivity index (χ0) is 11.5. The Morgan fingerprint density at radius 2 is 2.19 bits per heavy atom. The summed E-state index contributed by atoms with van der Waals surface area (Å²) in [5.41, 5.74) is 1.63. The van der Waals surface area contributed by atoms with Crippen molar-refractivity contribution in [3.05, 3.63) is 57.0 Å². The molecule has 1 heterocycles. The van der Waals surface area contributed by atoms with Crippen molar-refractivity contribution < 1.29 is 4.39 Å². The van der Waals surface area contributed by atoms with Crippen molar-refractivity contribution in [3.8, 4) is 0 Å². The maximum atomic E-state index is 13.7. The molecule has 84 valence electrons. The van der Waals surface area contributed by atoms with E-state index in [1.54, 1.807) is 23.5 Å². The molecule has 0 aliphatic heterocycles. The summed E-state index contributed by atoms with van der Waals surface area (Å²) >= 11 is 7.48. The minimum absolute atomic E-state index is 0.148. The van der Waals surface area contributed by atoms with Crippen LogP contribution in [0.15, 0.2) is 35.0 Å². The highest BCUT2D eigenvalue weighted by atomic mass is 35.5. The van der Waals surface area contributed by atoms with E-state index in [-0.39, 0.29) is 11.9 Å². The molecule has 0 aliphatic carbocycles. The summed E-state index contributed by atoms with van der Waals surface area (Å²) in [6.45, 7) is 0. The van der Waals surface area contributed by atoms with Crippen molar-refractivity contribution in [1.29, 1.82) is 0 Å². The van der Waals surface area contributed by atoms with Gasteiger partial charge in [0, 0.05) is 10.6 Å². The number of rotatable bonds is 3. The maximum Gasteiger partial charge on any atom is 0.128 e. The molecule has 1 aromatic heterocycles. The Kier molecular flexibility index (Phi) is 3.59. The van der Waals surface area contributed by atoms with E-state index in [9.17, 15) is 4.39 Å². The Labute approximate surface area is 103 Å². The van der Waals surface area contributed by atoms with E-state index in [2.05, 4.69) is 5.32 Å². The molecule has 0 fully saturated rings. The van der Waals surface area contributed by atoms with Gasteiger partial charge in [-0.2, -0.15) is 11.3 Å². The third-order valence-electron chi connectivity index (χ3n) is 2.43. The van der Waals surface area contributed by atoms with Gasteiger partial charge >= 0.3 is 0 Å². The second-order valence-electron chi connectivity index (χ2n) is 3.44. The molecule has 2 rings (SSSR count). The van der Waals surface area contributed by atoms with Crippen LogP contribution in [-0.4, -0.2) is 7.05 Å². The van der Waals surface area contributed by atoms with Crippen molar-refractivity contribution in [2.24, 2.45) is 0 Å². The summed E-state index contributed by atoms with van der Waals surface area (Å²) in [5.74, 6) is -0.241. The van der Waals surface area contributed by atoms with Crippen LogP contribution in [0.5, 0.6) is 0 Å². The average molecular weight is 256 g/mol. The van der Waals surface area contributed by atoms with E-state index in [4.69, 9.17) is 11.6 Å². The van der Waals surface area contributed by atoms with Crippen LogP contribution >= 0.6 is 22.9 Å². The van der Waals surface area contributed by atoms with Crippen LogP contribution in [0, 0.1) is 5.82 Å². The Morgan fingerprint density at radius 1 is 1.38 bits per heavy atom. The molecule has 0 amide bonds. The number of hydrogen-bond donors (Lipinski definition) is 1. The minimum atomic E-state index is -0.241. The molecule has 0 bridgehead atoms. The van der Waals surface area contributed by atoms with Crippen molar-refractivity contribution in [1.82, 2.24) is 5.32 Å². The van der Waals surface area contributed by atoms with Crippen LogP contribution < -0.4 is 5.32 Å². The quantitative estimate of drug-likeness (QED) is 0.879. The molecule has 2 aromatic rings. The van der Waals surface area contributed by atoms with E-state index in [0.29, 0.717) is 10.6 Å². The van der Waals surface area contributed by atoms with Gasteiger partial charge in [-0.25, -0.2) is 4.39 Å². The smallest absolute Gasteiger partial charge is 0.128 e. The zero-order valence-electron chi connectivity index (χ0n) is 8.71.